The van der Waals surface area contributed by atoms with E-state index in [2.05, 4.69) is 0 Å². The molecule has 0 aliphatic carbocycles. The molecule has 1 saturated heterocycles. The van der Waals surface area contributed by atoms with E-state index in [1.54, 1.807) is 4.90 Å². The molecule has 4 nitrogen and oxygen atoms in total. The van der Waals surface area contributed by atoms with Crippen molar-refractivity contribution in [2.24, 2.45) is 5.92 Å². The number of carbonyl (C=O) groups excluding carboxylic acids is 1. The molecule has 1 aliphatic rings. The van der Waals surface area contributed by atoms with Crippen LogP contribution in [-0.2, 0) is 21.6 Å². The third-order valence-electron chi connectivity index (χ3n) is 3.81. The first-order valence-electron chi connectivity index (χ1n) is 6.51. The van der Waals surface area contributed by atoms with Crippen LogP contribution in [0.4, 0.5) is 3.89 Å². The highest BCUT2D eigenvalue weighted by molar-refractivity contribution is 7.86. The largest absolute Gasteiger partial charge is 0.338 e. The molecule has 1 heterocycles. The van der Waals surface area contributed by atoms with E-state index < -0.39 is 21.9 Å². The first kappa shape index (κ1) is 15.0. The Hall–Kier alpha value is -1.43. The Morgan fingerprint density at radius 2 is 2.05 bits per heavy atom. The van der Waals surface area contributed by atoms with Crippen LogP contribution in [0.1, 0.15) is 23.1 Å². The number of halogens is 1. The van der Waals surface area contributed by atoms with Gasteiger partial charge >= 0.3 is 10.2 Å². The lowest BCUT2D eigenvalue weighted by Gasteiger charge is -2.18. The van der Waals surface area contributed by atoms with Crippen molar-refractivity contribution in [1.82, 2.24) is 4.90 Å². The maximum atomic E-state index is 12.7. The molecule has 110 valence electrons. The van der Waals surface area contributed by atoms with Crippen LogP contribution in [0.5, 0.6) is 0 Å². The van der Waals surface area contributed by atoms with Crippen molar-refractivity contribution >= 4 is 16.1 Å². The van der Waals surface area contributed by atoms with Crippen molar-refractivity contribution in [2.45, 2.75) is 26.8 Å². The predicted molar refractivity (Wildman–Crippen MR) is 74.3 cm³/mol. The van der Waals surface area contributed by atoms with E-state index in [4.69, 9.17) is 0 Å². The Labute approximate surface area is 118 Å². The molecule has 1 aliphatic heterocycles. The van der Waals surface area contributed by atoms with E-state index in [0.29, 0.717) is 13.1 Å². The summed E-state index contributed by atoms with van der Waals surface area (Å²) in [5.41, 5.74) is 3.32. The molecule has 0 N–H and O–H groups in total. The highest BCUT2D eigenvalue weighted by Crippen LogP contribution is 2.23. The summed E-state index contributed by atoms with van der Waals surface area (Å²) >= 11 is 0. The number of benzene rings is 1. The quantitative estimate of drug-likeness (QED) is 0.799. The lowest BCUT2D eigenvalue weighted by molar-refractivity contribution is -0.128. The standard InChI is InChI=1S/C14H18FNO3S/c1-10-4-3-5-13(11(10)2)8-16-7-12(6-14(16)17)9-20(15,18)19/h3-5,12H,6-9H2,1-2H3. The fourth-order valence-corrected chi connectivity index (χ4v) is 3.38. The molecule has 6 heteroatoms. The van der Waals surface area contributed by atoms with Crippen LogP contribution in [0.2, 0.25) is 0 Å². The highest BCUT2D eigenvalue weighted by Gasteiger charge is 2.32. The Morgan fingerprint density at radius 1 is 1.35 bits per heavy atom. The number of likely N-dealkylation sites (tertiary alicyclic amines) is 1. The summed E-state index contributed by atoms with van der Waals surface area (Å²) in [7, 11) is -4.52. The van der Waals surface area contributed by atoms with Crippen LogP contribution in [0.15, 0.2) is 18.2 Å². The third-order valence-corrected chi connectivity index (χ3v) is 4.68. The molecule has 0 bridgehead atoms. The summed E-state index contributed by atoms with van der Waals surface area (Å²) in [6.07, 6.45) is 0.105. The van der Waals surface area contributed by atoms with E-state index in [0.717, 1.165) is 16.7 Å². The smallest absolute Gasteiger partial charge is 0.302 e. The number of hydrogen-bond donors (Lipinski definition) is 0. The summed E-state index contributed by atoms with van der Waals surface area (Å²) < 4.78 is 34.0. The first-order valence-corrected chi connectivity index (χ1v) is 8.06. The minimum absolute atomic E-state index is 0.105. The molecule has 1 atom stereocenters. The van der Waals surface area contributed by atoms with Gasteiger partial charge in [-0.1, -0.05) is 18.2 Å². The number of nitrogens with zero attached hydrogens (tertiary/aromatic N) is 1. The van der Waals surface area contributed by atoms with E-state index >= 15 is 0 Å². The molecule has 0 radical (unpaired) electrons. The lowest BCUT2D eigenvalue weighted by atomic mass is 10.0. The molecular weight excluding hydrogens is 281 g/mol. The van der Waals surface area contributed by atoms with Gasteiger partial charge in [-0.15, -0.1) is 3.89 Å². The number of carbonyl (C=O) groups is 1. The molecule has 1 aromatic rings. The zero-order chi connectivity index (χ0) is 14.9. The normalized spacial score (nSPS) is 19.6. The second-order valence-electron chi connectivity index (χ2n) is 5.41. The third kappa shape index (κ3) is 3.56. The number of rotatable bonds is 4. The predicted octanol–water partition coefficient (Wildman–Crippen LogP) is 1.95. The van der Waals surface area contributed by atoms with Gasteiger partial charge in [-0.2, -0.15) is 8.42 Å². The van der Waals surface area contributed by atoms with E-state index in [9.17, 15) is 17.1 Å². The van der Waals surface area contributed by atoms with E-state index in [1.807, 2.05) is 32.0 Å². The van der Waals surface area contributed by atoms with Crippen molar-refractivity contribution in [1.29, 1.82) is 0 Å². The van der Waals surface area contributed by atoms with Crippen molar-refractivity contribution in [3.05, 3.63) is 34.9 Å². The van der Waals surface area contributed by atoms with E-state index in [1.165, 1.54) is 0 Å². The SMILES string of the molecule is Cc1cccc(CN2CC(CS(=O)(=O)F)CC2=O)c1C. The first-order chi connectivity index (χ1) is 9.26. The van der Waals surface area contributed by atoms with Crippen molar-refractivity contribution in [2.75, 3.05) is 12.3 Å². The number of hydrogen-bond acceptors (Lipinski definition) is 3. The summed E-state index contributed by atoms with van der Waals surface area (Å²) in [5, 5.41) is 0. The minimum atomic E-state index is -4.52. The van der Waals surface area contributed by atoms with Gasteiger partial charge < -0.3 is 4.90 Å². The lowest BCUT2D eigenvalue weighted by Crippen LogP contribution is -2.25. The fraction of sp³-hybridized carbons (Fsp3) is 0.500. The Bertz CT molecular complexity index is 627. The molecule has 2 rings (SSSR count). The van der Waals surface area contributed by atoms with Gasteiger partial charge in [-0.05, 0) is 30.5 Å². The molecule has 1 unspecified atom stereocenters. The monoisotopic (exact) mass is 299 g/mol. The van der Waals surface area contributed by atoms with Crippen LogP contribution in [-0.4, -0.2) is 31.5 Å². The van der Waals surface area contributed by atoms with Gasteiger partial charge in [-0.25, -0.2) is 0 Å². The van der Waals surface area contributed by atoms with Crippen LogP contribution in [0.3, 0.4) is 0 Å². The topological polar surface area (TPSA) is 54.5 Å². The van der Waals surface area contributed by atoms with Crippen molar-refractivity contribution < 1.29 is 17.1 Å². The second-order valence-corrected chi connectivity index (χ2v) is 6.82. The van der Waals surface area contributed by atoms with Gasteiger partial charge in [0.15, 0.2) is 0 Å². The zero-order valence-electron chi connectivity index (χ0n) is 11.6. The maximum absolute atomic E-state index is 12.7. The maximum Gasteiger partial charge on any atom is 0.302 e. The minimum Gasteiger partial charge on any atom is -0.338 e. The Kier molecular flexibility index (Phi) is 4.13. The number of amides is 1. The summed E-state index contributed by atoms with van der Waals surface area (Å²) in [5.74, 6) is -1.12. The molecular formula is C14H18FNO3S. The molecule has 0 aromatic heterocycles. The Balaban J connectivity index is 2.07. The molecule has 1 aromatic carbocycles. The fourth-order valence-electron chi connectivity index (χ4n) is 2.59. The van der Waals surface area contributed by atoms with Gasteiger partial charge in [0.2, 0.25) is 5.91 Å². The summed E-state index contributed by atoms with van der Waals surface area (Å²) in [6, 6.07) is 5.89. The van der Waals surface area contributed by atoms with Crippen molar-refractivity contribution in [3.63, 3.8) is 0 Å². The average molecular weight is 299 g/mol. The van der Waals surface area contributed by atoms with Crippen molar-refractivity contribution in [3.8, 4) is 0 Å². The van der Waals surface area contributed by atoms with Crippen LogP contribution < -0.4 is 0 Å². The Morgan fingerprint density at radius 3 is 2.70 bits per heavy atom. The summed E-state index contributed by atoms with van der Waals surface area (Å²) in [6.45, 7) is 4.75. The van der Waals surface area contributed by atoms with Gasteiger partial charge in [0.05, 0.1) is 5.75 Å². The molecule has 20 heavy (non-hydrogen) atoms. The number of aryl methyl sites for hydroxylation is 1. The molecule has 0 saturated carbocycles. The van der Waals surface area contributed by atoms with Crippen LogP contribution in [0.25, 0.3) is 0 Å². The zero-order valence-corrected chi connectivity index (χ0v) is 12.4. The molecule has 1 fully saturated rings. The van der Waals surface area contributed by atoms with Gasteiger partial charge in [0.25, 0.3) is 0 Å². The molecule has 0 spiro atoms. The molecule has 1 amide bonds. The van der Waals surface area contributed by atoms with Gasteiger partial charge in [-0.3, -0.25) is 4.79 Å². The second kappa shape index (κ2) is 5.52. The van der Waals surface area contributed by atoms with Gasteiger partial charge in [0.1, 0.15) is 0 Å². The van der Waals surface area contributed by atoms with Crippen LogP contribution >= 0.6 is 0 Å². The van der Waals surface area contributed by atoms with E-state index in [-0.39, 0.29) is 12.3 Å². The summed E-state index contributed by atoms with van der Waals surface area (Å²) in [4.78, 5) is 13.5. The van der Waals surface area contributed by atoms with Gasteiger partial charge in [0, 0.05) is 25.4 Å². The average Bonchev–Trinajstić information content (AvgIpc) is 2.63. The highest BCUT2D eigenvalue weighted by atomic mass is 32.3. The van der Waals surface area contributed by atoms with Crippen LogP contribution in [0, 0.1) is 19.8 Å².